The van der Waals surface area contributed by atoms with E-state index in [1.54, 1.807) is 35.0 Å². The lowest BCUT2D eigenvalue weighted by molar-refractivity contribution is -0.138. The van der Waals surface area contributed by atoms with Crippen LogP contribution in [0.2, 0.25) is 0 Å². The predicted molar refractivity (Wildman–Crippen MR) is 65.4 cm³/mol. The summed E-state index contributed by atoms with van der Waals surface area (Å²) in [7, 11) is 0. The molecule has 0 radical (unpaired) electrons. The molecule has 0 bridgehead atoms. The first-order chi connectivity index (χ1) is 8.85. The molecule has 2 rings (SSSR count). The molecule has 0 unspecified atom stereocenters. The Morgan fingerprint density at radius 2 is 2.05 bits per heavy atom. The standard InChI is InChI=1S/C12H12F3N3O/c13-12(14,15)7-17-11(19)6-18-4-3-8-1-2-9(16)5-10(8)18/h1-5H,6-7,16H2,(H,17,19). The van der Waals surface area contributed by atoms with E-state index in [-0.39, 0.29) is 6.54 Å². The minimum Gasteiger partial charge on any atom is -0.399 e. The quantitative estimate of drug-likeness (QED) is 0.838. The van der Waals surface area contributed by atoms with Crippen molar-refractivity contribution >= 4 is 22.5 Å². The van der Waals surface area contributed by atoms with Gasteiger partial charge in [0.2, 0.25) is 5.91 Å². The lowest BCUT2D eigenvalue weighted by atomic mass is 10.2. The van der Waals surface area contributed by atoms with Crippen molar-refractivity contribution in [3.8, 4) is 0 Å². The molecule has 19 heavy (non-hydrogen) atoms. The Kier molecular flexibility index (Phi) is 3.37. The maximum Gasteiger partial charge on any atom is 0.405 e. The van der Waals surface area contributed by atoms with Gasteiger partial charge >= 0.3 is 6.18 Å². The second kappa shape index (κ2) is 4.83. The smallest absolute Gasteiger partial charge is 0.399 e. The van der Waals surface area contributed by atoms with Crippen LogP contribution in [-0.4, -0.2) is 23.2 Å². The summed E-state index contributed by atoms with van der Waals surface area (Å²) in [5, 5.41) is 2.70. The van der Waals surface area contributed by atoms with E-state index in [0.717, 1.165) is 5.39 Å². The zero-order valence-corrected chi connectivity index (χ0v) is 9.87. The summed E-state index contributed by atoms with van der Waals surface area (Å²) >= 11 is 0. The van der Waals surface area contributed by atoms with E-state index in [1.807, 2.05) is 5.32 Å². The summed E-state index contributed by atoms with van der Waals surface area (Å²) in [6.45, 7) is -1.50. The third kappa shape index (κ3) is 3.40. The van der Waals surface area contributed by atoms with Gasteiger partial charge in [0.05, 0.1) is 5.52 Å². The van der Waals surface area contributed by atoms with E-state index in [9.17, 15) is 18.0 Å². The largest absolute Gasteiger partial charge is 0.405 e. The van der Waals surface area contributed by atoms with Gasteiger partial charge in [0, 0.05) is 11.9 Å². The topological polar surface area (TPSA) is 60.0 Å². The molecule has 0 saturated heterocycles. The molecule has 1 aromatic heterocycles. The van der Waals surface area contributed by atoms with Gasteiger partial charge in [0.25, 0.3) is 0 Å². The van der Waals surface area contributed by atoms with Gasteiger partial charge in [-0.1, -0.05) is 6.07 Å². The van der Waals surface area contributed by atoms with Crippen LogP contribution in [0.1, 0.15) is 0 Å². The Morgan fingerprint density at radius 1 is 1.32 bits per heavy atom. The highest BCUT2D eigenvalue weighted by Crippen LogP contribution is 2.18. The Labute approximate surface area is 107 Å². The summed E-state index contributed by atoms with van der Waals surface area (Å²) in [6, 6.07) is 6.95. The number of nitrogens with one attached hydrogen (secondary N) is 1. The molecule has 3 N–H and O–H groups in total. The van der Waals surface area contributed by atoms with Crippen molar-refractivity contribution in [3.05, 3.63) is 30.5 Å². The normalized spacial score (nSPS) is 11.7. The summed E-state index contributed by atoms with van der Waals surface area (Å²) in [6.07, 6.45) is -2.77. The molecule has 1 amide bonds. The zero-order valence-electron chi connectivity index (χ0n) is 9.87. The van der Waals surface area contributed by atoms with Gasteiger partial charge in [0.1, 0.15) is 13.1 Å². The molecular formula is C12H12F3N3O. The highest BCUT2D eigenvalue weighted by Gasteiger charge is 2.27. The minimum absolute atomic E-state index is 0.178. The average molecular weight is 271 g/mol. The first-order valence-corrected chi connectivity index (χ1v) is 5.53. The molecule has 7 heteroatoms. The maximum absolute atomic E-state index is 12.0. The van der Waals surface area contributed by atoms with E-state index in [2.05, 4.69) is 0 Å². The highest BCUT2D eigenvalue weighted by atomic mass is 19.4. The van der Waals surface area contributed by atoms with E-state index in [1.165, 1.54) is 0 Å². The molecule has 102 valence electrons. The van der Waals surface area contributed by atoms with Crippen LogP contribution >= 0.6 is 0 Å². The fourth-order valence-corrected chi connectivity index (χ4v) is 1.75. The van der Waals surface area contributed by atoms with Crippen molar-refractivity contribution in [2.45, 2.75) is 12.7 Å². The number of carbonyl (C=O) groups is 1. The number of nitrogens with two attached hydrogens (primary N) is 1. The SMILES string of the molecule is Nc1ccc2ccn(CC(=O)NCC(F)(F)F)c2c1. The molecule has 2 aromatic rings. The molecular weight excluding hydrogens is 259 g/mol. The maximum atomic E-state index is 12.0. The van der Waals surface area contributed by atoms with Gasteiger partial charge < -0.3 is 15.6 Å². The van der Waals surface area contributed by atoms with Crippen LogP contribution in [0.3, 0.4) is 0 Å². The Morgan fingerprint density at radius 3 is 2.74 bits per heavy atom. The van der Waals surface area contributed by atoms with Crippen molar-refractivity contribution in [2.75, 3.05) is 12.3 Å². The van der Waals surface area contributed by atoms with Gasteiger partial charge in [-0.15, -0.1) is 0 Å². The number of fused-ring (bicyclic) bond motifs is 1. The summed E-state index contributed by atoms with van der Waals surface area (Å²) in [5.41, 5.74) is 6.88. The van der Waals surface area contributed by atoms with Gasteiger partial charge in [-0.25, -0.2) is 0 Å². The molecule has 1 heterocycles. The number of rotatable bonds is 3. The van der Waals surface area contributed by atoms with Crippen molar-refractivity contribution in [1.29, 1.82) is 0 Å². The number of amides is 1. The Hall–Kier alpha value is -2.18. The first kappa shape index (κ1) is 13.3. The molecule has 0 fully saturated rings. The fraction of sp³-hybridized carbons (Fsp3) is 0.250. The highest BCUT2D eigenvalue weighted by molar-refractivity contribution is 5.85. The van der Waals surface area contributed by atoms with Crippen molar-refractivity contribution in [1.82, 2.24) is 9.88 Å². The molecule has 0 atom stereocenters. The van der Waals surface area contributed by atoms with Crippen molar-refractivity contribution in [3.63, 3.8) is 0 Å². The van der Waals surface area contributed by atoms with Crippen LogP contribution in [0.4, 0.5) is 18.9 Å². The first-order valence-electron chi connectivity index (χ1n) is 5.53. The van der Waals surface area contributed by atoms with Gasteiger partial charge in [0.15, 0.2) is 0 Å². The molecule has 0 spiro atoms. The summed E-state index contributed by atoms with van der Waals surface area (Å²) in [4.78, 5) is 11.4. The number of nitrogen functional groups attached to an aromatic ring is 1. The molecule has 4 nitrogen and oxygen atoms in total. The monoisotopic (exact) mass is 271 g/mol. The Bertz CT molecular complexity index is 604. The zero-order chi connectivity index (χ0) is 14.0. The third-order valence-electron chi connectivity index (χ3n) is 2.60. The van der Waals surface area contributed by atoms with E-state index >= 15 is 0 Å². The number of halogens is 3. The fourth-order valence-electron chi connectivity index (χ4n) is 1.75. The van der Waals surface area contributed by atoms with Crippen LogP contribution < -0.4 is 11.1 Å². The van der Waals surface area contributed by atoms with Crippen LogP contribution in [0.15, 0.2) is 30.5 Å². The molecule has 0 saturated carbocycles. The van der Waals surface area contributed by atoms with E-state index < -0.39 is 18.6 Å². The van der Waals surface area contributed by atoms with Crippen LogP contribution in [-0.2, 0) is 11.3 Å². The lowest BCUT2D eigenvalue weighted by Crippen LogP contribution is -2.35. The number of nitrogens with zero attached hydrogens (tertiary/aromatic N) is 1. The number of anilines is 1. The second-order valence-electron chi connectivity index (χ2n) is 4.15. The number of hydrogen-bond donors (Lipinski definition) is 2. The molecule has 0 aliphatic heterocycles. The third-order valence-corrected chi connectivity index (χ3v) is 2.60. The van der Waals surface area contributed by atoms with Crippen LogP contribution in [0.25, 0.3) is 10.9 Å². The van der Waals surface area contributed by atoms with Gasteiger partial charge in [-0.3, -0.25) is 4.79 Å². The number of alkyl halides is 3. The van der Waals surface area contributed by atoms with Crippen LogP contribution in [0.5, 0.6) is 0 Å². The second-order valence-corrected chi connectivity index (χ2v) is 4.15. The number of carbonyl (C=O) groups excluding carboxylic acids is 1. The van der Waals surface area contributed by atoms with Crippen molar-refractivity contribution < 1.29 is 18.0 Å². The molecule has 1 aromatic carbocycles. The number of hydrogen-bond acceptors (Lipinski definition) is 2. The van der Waals surface area contributed by atoms with E-state index in [4.69, 9.17) is 5.73 Å². The lowest BCUT2D eigenvalue weighted by Gasteiger charge is -2.09. The number of aromatic nitrogens is 1. The molecule has 0 aliphatic rings. The van der Waals surface area contributed by atoms with E-state index in [0.29, 0.717) is 11.2 Å². The van der Waals surface area contributed by atoms with Crippen molar-refractivity contribution in [2.24, 2.45) is 0 Å². The number of benzene rings is 1. The Balaban J connectivity index is 2.09. The summed E-state index contributed by atoms with van der Waals surface area (Å²) < 4.78 is 37.4. The average Bonchev–Trinajstić information content (AvgIpc) is 2.68. The molecule has 0 aliphatic carbocycles. The predicted octanol–water partition coefficient (Wildman–Crippen LogP) is 1.90. The van der Waals surface area contributed by atoms with Gasteiger partial charge in [-0.2, -0.15) is 13.2 Å². The summed E-state index contributed by atoms with van der Waals surface area (Å²) in [5.74, 6) is -0.697. The minimum atomic E-state index is -4.40. The van der Waals surface area contributed by atoms with Gasteiger partial charge in [-0.05, 0) is 23.6 Å². The van der Waals surface area contributed by atoms with Crippen LogP contribution in [0, 0.1) is 0 Å².